The predicted octanol–water partition coefficient (Wildman–Crippen LogP) is 2.28. The summed E-state index contributed by atoms with van der Waals surface area (Å²) in [5, 5.41) is 2.84. The summed E-state index contributed by atoms with van der Waals surface area (Å²) in [4.78, 5) is 11.8. The molecule has 2 rings (SSSR count). The van der Waals surface area contributed by atoms with Gasteiger partial charge in [-0.3, -0.25) is 15.6 Å². The Morgan fingerprint density at radius 3 is 2.33 bits per heavy atom. The van der Waals surface area contributed by atoms with Crippen molar-refractivity contribution in [3.05, 3.63) is 65.2 Å². The highest BCUT2D eigenvalue weighted by Gasteiger charge is 2.11. The summed E-state index contributed by atoms with van der Waals surface area (Å²) in [5.74, 6) is -2.40. The van der Waals surface area contributed by atoms with E-state index in [1.54, 1.807) is 30.3 Å². The van der Waals surface area contributed by atoms with E-state index in [4.69, 9.17) is 12.2 Å². The zero-order chi connectivity index (χ0) is 17.5. The quantitative estimate of drug-likeness (QED) is 0.583. The normalized spacial score (nSPS) is 9.96. The van der Waals surface area contributed by atoms with Gasteiger partial charge in [0.05, 0.1) is 7.11 Å². The Balaban J connectivity index is 1.84. The fourth-order valence-electron chi connectivity index (χ4n) is 1.91. The Bertz CT molecular complexity index is 718. The molecule has 0 fully saturated rings. The molecule has 0 unspecified atom stereocenters. The second kappa shape index (κ2) is 8.21. The van der Waals surface area contributed by atoms with Crippen LogP contribution in [0.25, 0.3) is 0 Å². The minimum atomic E-state index is -0.800. The minimum absolute atomic E-state index is 0.0743. The number of thiocarbonyl (C=S) groups is 1. The molecular formula is C16H15F2N3O2S. The van der Waals surface area contributed by atoms with E-state index in [1.165, 1.54) is 7.11 Å². The zero-order valence-corrected chi connectivity index (χ0v) is 13.5. The molecule has 0 aliphatic carbocycles. The summed E-state index contributed by atoms with van der Waals surface area (Å²) in [6.07, 6.45) is 0. The van der Waals surface area contributed by atoms with E-state index in [0.717, 1.165) is 12.1 Å². The molecule has 0 spiro atoms. The van der Waals surface area contributed by atoms with Crippen LogP contribution in [0.5, 0.6) is 5.75 Å². The standard InChI is InChI=1S/C16H15F2N3O2S/c1-23-14-12(17)7-10(8-13(14)18)9-19-16(24)21-20-15(22)11-5-3-2-4-6-11/h2-8H,9H2,1H3,(H,20,22)(H2,19,21,24). The maximum atomic E-state index is 13.6. The van der Waals surface area contributed by atoms with Gasteiger partial charge in [0, 0.05) is 12.1 Å². The van der Waals surface area contributed by atoms with E-state index in [1.807, 2.05) is 0 Å². The SMILES string of the molecule is COc1c(F)cc(CNC(=S)NNC(=O)c2ccccc2)cc1F. The highest BCUT2D eigenvalue weighted by Crippen LogP contribution is 2.22. The van der Waals surface area contributed by atoms with Crippen LogP contribution in [-0.2, 0) is 6.54 Å². The molecule has 8 heteroatoms. The van der Waals surface area contributed by atoms with Gasteiger partial charge in [0.1, 0.15) is 0 Å². The summed E-state index contributed by atoms with van der Waals surface area (Å²) in [6.45, 7) is 0.0743. The smallest absolute Gasteiger partial charge is 0.269 e. The number of methoxy groups -OCH3 is 1. The van der Waals surface area contributed by atoms with Crippen LogP contribution in [0.1, 0.15) is 15.9 Å². The topological polar surface area (TPSA) is 62.4 Å². The fourth-order valence-corrected chi connectivity index (χ4v) is 2.03. The van der Waals surface area contributed by atoms with E-state index < -0.39 is 17.4 Å². The van der Waals surface area contributed by atoms with Gasteiger partial charge in [0.25, 0.3) is 5.91 Å². The van der Waals surface area contributed by atoms with Crippen molar-refractivity contribution in [1.29, 1.82) is 0 Å². The fraction of sp³-hybridized carbons (Fsp3) is 0.125. The molecule has 0 saturated carbocycles. The maximum absolute atomic E-state index is 13.6. The first-order valence-electron chi connectivity index (χ1n) is 6.92. The van der Waals surface area contributed by atoms with Gasteiger partial charge < -0.3 is 10.1 Å². The van der Waals surface area contributed by atoms with Gasteiger partial charge in [0.15, 0.2) is 22.5 Å². The van der Waals surface area contributed by atoms with Crippen LogP contribution in [0.15, 0.2) is 42.5 Å². The van der Waals surface area contributed by atoms with Crippen molar-refractivity contribution in [2.75, 3.05) is 7.11 Å². The number of nitrogens with one attached hydrogen (secondary N) is 3. The average Bonchev–Trinajstić information content (AvgIpc) is 2.58. The van der Waals surface area contributed by atoms with Gasteiger partial charge in [0.2, 0.25) is 0 Å². The minimum Gasteiger partial charge on any atom is -0.491 e. The van der Waals surface area contributed by atoms with Crippen molar-refractivity contribution in [1.82, 2.24) is 16.2 Å². The molecule has 3 N–H and O–H groups in total. The first-order valence-corrected chi connectivity index (χ1v) is 7.33. The monoisotopic (exact) mass is 351 g/mol. The molecular weight excluding hydrogens is 336 g/mol. The molecule has 0 aromatic heterocycles. The van der Waals surface area contributed by atoms with E-state index in [0.29, 0.717) is 11.1 Å². The van der Waals surface area contributed by atoms with E-state index in [9.17, 15) is 13.6 Å². The van der Waals surface area contributed by atoms with Crippen LogP contribution in [0.4, 0.5) is 8.78 Å². The van der Waals surface area contributed by atoms with Gasteiger partial charge in [-0.25, -0.2) is 8.78 Å². The van der Waals surface area contributed by atoms with Crippen molar-refractivity contribution >= 4 is 23.2 Å². The highest BCUT2D eigenvalue weighted by atomic mass is 32.1. The van der Waals surface area contributed by atoms with Crippen LogP contribution in [0, 0.1) is 11.6 Å². The summed E-state index contributed by atoms with van der Waals surface area (Å²) in [7, 11) is 1.19. The summed E-state index contributed by atoms with van der Waals surface area (Å²) < 4.78 is 31.8. The van der Waals surface area contributed by atoms with Crippen molar-refractivity contribution in [2.24, 2.45) is 0 Å². The lowest BCUT2D eigenvalue weighted by molar-refractivity contribution is 0.0943. The number of carbonyl (C=O) groups is 1. The average molecular weight is 351 g/mol. The third-order valence-electron chi connectivity index (χ3n) is 3.04. The Kier molecular flexibility index (Phi) is 6.02. The summed E-state index contributed by atoms with van der Waals surface area (Å²) in [6, 6.07) is 10.8. The lowest BCUT2D eigenvalue weighted by Gasteiger charge is -2.12. The van der Waals surface area contributed by atoms with Crippen molar-refractivity contribution in [3.8, 4) is 5.75 Å². The number of hydrogen-bond donors (Lipinski definition) is 3. The van der Waals surface area contributed by atoms with Gasteiger partial charge in [-0.2, -0.15) is 0 Å². The third-order valence-corrected chi connectivity index (χ3v) is 3.29. The first kappa shape index (κ1) is 17.6. The molecule has 0 saturated heterocycles. The van der Waals surface area contributed by atoms with Crippen LogP contribution >= 0.6 is 12.2 Å². The molecule has 126 valence electrons. The van der Waals surface area contributed by atoms with Crippen LogP contribution < -0.4 is 20.9 Å². The highest BCUT2D eigenvalue weighted by molar-refractivity contribution is 7.80. The lowest BCUT2D eigenvalue weighted by atomic mass is 10.2. The molecule has 0 radical (unpaired) electrons. The number of rotatable bonds is 4. The second-order valence-corrected chi connectivity index (χ2v) is 5.13. The number of hydrazine groups is 1. The molecule has 2 aromatic rings. The number of hydrogen-bond acceptors (Lipinski definition) is 3. The molecule has 0 heterocycles. The van der Waals surface area contributed by atoms with Gasteiger partial charge in [-0.15, -0.1) is 0 Å². The second-order valence-electron chi connectivity index (χ2n) is 4.72. The predicted molar refractivity (Wildman–Crippen MR) is 89.4 cm³/mol. The van der Waals surface area contributed by atoms with Crippen LogP contribution in [0.3, 0.4) is 0 Å². The Labute approximate surface area is 143 Å². The maximum Gasteiger partial charge on any atom is 0.269 e. The Morgan fingerprint density at radius 2 is 1.75 bits per heavy atom. The number of amides is 1. The molecule has 24 heavy (non-hydrogen) atoms. The summed E-state index contributed by atoms with van der Waals surface area (Å²) >= 11 is 4.99. The first-order chi connectivity index (χ1) is 11.5. The van der Waals surface area contributed by atoms with Gasteiger partial charge in [-0.05, 0) is 42.0 Å². The number of ether oxygens (including phenoxy) is 1. The molecule has 2 aromatic carbocycles. The number of carbonyl (C=O) groups excluding carboxylic acids is 1. The van der Waals surface area contributed by atoms with Gasteiger partial charge in [-0.1, -0.05) is 18.2 Å². The van der Waals surface area contributed by atoms with E-state index in [2.05, 4.69) is 20.9 Å². The largest absolute Gasteiger partial charge is 0.491 e. The summed E-state index contributed by atoms with van der Waals surface area (Å²) in [5.41, 5.74) is 5.73. The van der Waals surface area contributed by atoms with E-state index in [-0.39, 0.29) is 17.6 Å². The van der Waals surface area contributed by atoms with Crippen molar-refractivity contribution in [3.63, 3.8) is 0 Å². The van der Waals surface area contributed by atoms with Crippen molar-refractivity contribution < 1.29 is 18.3 Å². The molecule has 5 nitrogen and oxygen atoms in total. The van der Waals surface area contributed by atoms with Crippen LogP contribution in [-0.4, -0.2) is 18.1 Å². The number of benzene rings is 2. The molecule has 0 bridgehead atoms. The molecule has 1 amide bonds. The third kappa shape index (κ3) is 4.63. The van der Waals surface area contributed by atoms with Gasteiger partial charge >= 0.3 is 0 Å². The lowest BCUT2D eigenvalue weighted by Crippen LogP contribution is -2.46. The van der Waals surface area contributed by atoms with Crippen LogP contribution in [0.2, 0.25) is 0 Å². The van der Waals surface area contributed by atoms with E-state index >= 15 is 0 Å². The van der Waals surface area contributed by atoms with Crippen molar-refractivity contribution in [2.45, 2.75) is 6.54 Å². The number of halogens is 2. The zero-order valence-electron chi connectivity index (χ0n) is 12.7. The molecule has 0 aliphatic rings. The molecule has 0 atom stereocenters. The Morgan fingerprint density at radius 1 is 1.12 bits per heavy atom. The molecule has 0 aliphatic heterocycles. The Hall–Kier alpha value is -2.74.